The van der Waals surface area contributed by atoms with E-state index in [1.807, 2.05) is 0 Å². The van der Waals surface area contributed by atoms with Crippen molar-refractivity contribution in [2.75, 3.05) is 11.4 Å². The van der Waals surface area contributed by atoms with Crippen LogP contribution in [0.25, 0.3) is 0 Å². The second-order valence-corrected chi connectivity index (χ2v) is 5.48. The molecule has 0 bridgehead atoms. The molecule has 0 aliphatic carbocycles. The zero-order valence-electron chi connectivity index (χ0n) is 8.64. The van der Waals surface area contributed by atoms with E-state index in [0.717, 1.165) is 28.6 Å². The number of anilines is 1. The van der Waals surface area contributed by atoms with Crippen LogP contribution < -0.4 is 4.90 Å². The minimum Gasteiger partial charge on any atom is -0.342 e. The van der Waals surface area contributed by atoms with Gasteiger partial charge in [-0.2, -0.15) is 0 Å². The monoisotopic (exact) mass is 249 g/mol. The summed E-state index contributed by atoms with van der Waals surface area (Å²) in [6.45, 7) is 1.96. The number of hydrogen-bond acceptors (Lipinski definition) is 4. The van der Waals surface area contributed by atoms with E-state index in [2.05, 4.69) is 39.4 Å². The Kier molecular flexibility index (Phi) is 2.49. The van der Waals surface area contributed by atoms with Gasteiger partial charge < -0.3 is 4.90 Å². The van der Waals surface area contributed by atoms with E-state index >= 15 is 0 Å². The molecule has 0 spiro atoms. The molecular weight excluding hydrogens is 238 g/mol. The van der Waals surface area contributed by atoms with Crippen molar-refractivity contribution in [1.82, 2.24) is 10.2 Å². The predicted molar refractivity (Wildman–Crippen MR) is 68.5 cm³/mol. The Morgan fingerprint density at radius 1 is 1.31 bits per heavy atom. The van der Waals surface area contributed by atoms with Gasteiger partial charge in [0.05, 0.1) is 0 Å². The molecule has 1 N–H and O–H groups in total. The first kappa shape index (κ1) is 9.99. The molecule has 3 nitrogen and oxygen atoms in total. The molecule has 16 heavy (non-hydrogen) atoms. The Labute approximate surface area is 103 Å². The van der Waals surface area contributed by atoms with E-state index in [-0.39, 0.29) is 0 Å². The van der Waals surface area contributed by atoms with Crippen molar-refractivity contribution in [2.45, 2.75) is 13.0 Å². The molecule has 0 saturated carbocycles. The minimum atomic E-state index is 0.744. The third-order valence-electron chi connectivity index (χ3n) is 2.83. The lowest BCUT2D eigenvalue weighted by atomic mass is 10.0. The summed E-state index contributed by atoms with van der Waals surface area (Å²) in [6.07, 6.45) is 1.09. The summed E-state index contributed by atoms with van der Waals surface area (Å²) < 4.78 is 0.744. The van der Waals surface area contributed by atoms with Crippen LogP contribution in [0.15, 0.2) is 24.3 Å². The number of aromatic amines is 1. The molecule has 1 aliphatic heterocycles. The van der Waals surface area contributed by atoms with Crippen LogP contribution in [0, 0.1) is 3.95 Å². The van der Waals surface area contributed by atoms with Gasteiger partial charge in [-0.3, -0.25) is 5.10 Å². The third kappa shape index (κ3) is 1.76. The molecule has 0 fully saturated rings. The molecule has 2 heterocycles. The summed E-state index contributed by atoms with van der Waals surface area (Å²) >= 11 is 6.60. The fourth-order valence-corrected chi connectivity index (χ4v) is 2.92. The summed E-state index contributed by atoms with van der Waals surface area (Å²) in [5, 5.41) is 8.06. The van der Waals surface area contributed by atoms with Gasteiger partial charge in [0.15, 0.2) is 3.95 Å². The molecule has 0 radical (unpaired) electrons. The second kappa shape index (κ2) is 3.99. The first-order valence-corrected chi connectivity index (χ1v) is 6.42. The van der Waals surface area contributed by atoms with Gasteiger partial charge in [-0.1, -0.05) is 35.6 Å². The van der Waals surface area contributed by atoms with E-state index in [0.29, 0.717) is 0 Å². The fraction of sp³-hybridized carbons (Fsp3) is 0.273. The summed E-state index contributed by atoms with van der Waals surface area (Å²) in [6, 6.07) is 8.59. The van der Waals surface area contributed by atoms with Gasteiger partial charge in [-0.25, -0.2) is 0 Å². The van der Waals surface area contributed by atoms with Crippen LogP contribution in [0.1, 0.15) is 11.1 Å². The zero-order chi connectivity index (χ0) is 11.0. The van der Waals surface area contributed by atoms with Crippen LogP contribution in [0.4, 0.5) is 5.13 Å². The van der Waals surface area contributed by atoms with Gasteiger partial charge in [0, 0.05) is 13.1 Å². The number of aromatic nitrogens is 2. The lowest BCUT2D eigenvalue weighted by molar-refractivity contribution is 0.723. The van der Waals surface area contributed by atoms with Crippen LogP contribution in [0.2, 0.25) is 0 Å². The normalized spacial score (nSPS) is 14.9. The summed E-state index contributed by atoms with van der Waals surface area (Å²) in [5.41, 5.74) is 2.85. The average molecular weight is 249 g/mol. The van der Waals surface area contributed by atoms with Crippen molar-refractivity contribution in [1.29, 1.82) is 0 Å². The summed E-state index contributed by atoms with van der Waals surface area (Å²) in [4.78, 5) is 2.28. The van der Waals surface area contributed by atoms with E-state index in [1.54, 1.807) is 11.3 Å². The average Bonchev–Trinajstić information content (AvgIpc) is 2.75. The van der Waals surface area contributed by atoms with E-state index in [1.165, 1.54) is 11.1 Å². The van der Waals surface area contributed by atoms with Crippen LogP contribution in [-0.2, 0) is 13.0 Å². The van der Waals surface area contributed by atoms with Crippen molar-refractivity contribution >= 4 is 28.7 Å². The number of benzene rings is 1. The van der Waals surface area contributed by atoms with Gasteiger partial charge in [-0.05, 0) is 29.8 Å². The molecule has 0 saturated heterocycles. The van der Waals surface area contributed by atoms with Crippen molar-refractivity contribution in [3.63, 3.8) is 0 Å². The highest BCUT2D eigenvalue weighted by molar-refractivity contribution is 7.73. The number of H-pyrrole nitrogens is 1. The quantitative estimate of drug-likeness (QED) is 0.789. The lowest BCUT2D eigenvalue weighted by Gasteiger charge is -2.27. The van der Waals surface area contributed by atoms with E-state index in [9.17, 15) is 0 Å². The first-order valence-electron chi connectivity index (χ1n) is 5.20. The molecule has 3 rings (SSSR count). The zero-order valence-corrected chi connectivity index (χ0v) is 10.3. The molecule has 2 aromatic rings. The topological polar surface area (TPSA) is 31.9 Å². The van der Waals surface area contributed by atoms with Gasteiger partial charge in [0.1, 0.15) is 0 Å². The third-order valence-corrected chi connectivity index (χ3v) is 3.98. The van der Waals surface area contributed by atoms with E-state index in [4.69, 9.17) is 12.2 Å². The Hall–Kier alpha value is -1.20. The highest BCUT2D eigenvalue weighted by atomic mass is 32.1. The summed E-state index contributed by atoms with van der Waals surface area (Å²) in [7, 11) is 0. The standard InChI is InChI=1S/C11H11N3S2/c15-11-13-12-10(16-11)14-6-5-8-3-1-2-4-9(8)7-14/h1-4H,5-7H2,(H,13,15). The maximum absolute atomic E-state index is 5.05. The number of nitrogens with zero attached hydrogens (tertiary/aromatic N) is 2. The molecular formula is C11H11N3S2. The van der Waals surface area contributed by atoms with E-state index < -0.39 is 0 Å². The number of hydrogen-bond donors (Lipinski definition) is 1. The maximum atomic E-state index is 5.05. The molecule has 1 aromatic carbocycles. The molecule has 0 atom stereocenters. The highest BCUT2D eigenvalue weighted by Gasteiger charge is 2.17. The Morgan fingerprint density at radius 2 is 2.12 bits per heavy atom. The van der Waals surface area contributed by atoms with Crippen LogP contribution in [0.5, 0.6) is 0 Å². The number of fused-ring (bicyclic) bond motifs is 1. The van der Waals surface area contributed by atoms with Crippen LogP contribution in [-0.4, -0.2) is 16.7 Å². The molecule has 5 heteroatoms. The largest absolute Gasteiger partial charge is 0.342 e. The fourth-order valence-electron chi connectivity index (χ4n) is 2.02. The second-order valence-electron chi connectivity index (χ2n) is 3.84. The van der Waals surface area contributed by atoms with Gasteiger partial charge in [0.2, 0.25) is 5.13 Å². The molecule has 82 valence electrons. The Morgan fingerprint density at radius 3 is 2.88 bits per heavy atom. The van der Waals surface area contributed by atoms with Gasteiger partial charge in [-0.15, -0.1) is 5.10 Å². The van der Waals surface area contributed by atoms with Crippen molar-refractivity contribution < 1.29 is 0 Å². The number of rotatable bonds is 1. The van der Waals surface area contributed by atoms with Crippen LogP contribution >= 0.6 is 23.6 Å². The van der Waals surface area contributed by atoms with Crippen molar-refractivity contribution in [3.05, 3.63) is 39.3 Å². The van der Waals surface area contributed by atoms with Crippen LogP contribution in [0.3, 0.4) is 0 Å². The maximum Gasteiger partial charge on any atom is 0.207 e. The smallest absolute Gasteiger partial charge is 0.207 e. The molecule has 0 unspecified atom stereocenters. The van der Waals surface area contributed by atoms with Gasteiger partial charge in [0.25, 0.3) is 0 Å². The molecule has 0 amide bonds. The lowest BCUT2D eigenvalue weighted by Crippen LogP contribution is -2.30. The van der Waals surface area contributed by atoms with Crippen molar-refractivity contribution in [3.8, 4) is 0 Å². The molecule has 1 aromatic heterocycles. The predicted octanol–water partition coefficient (Wildman–Crippen LogP) is 2.76. The minimum absolute atomic E-state index is 0.744. The molecule has 1 aliphatic rings. The first-order chi connectivity index (χ1) is 7.83. The summed E-state index contributed by atoms with van der Waals surface area (Å²) in [5.74, 6) is 0. The Bertz CT molecular complexity index is 558. The SMILES string of the molecule is S=c1[nH]nc(N2CCc3ccccc3C2)s1. The highest BCUT2D eigenvalue weighted by Crippen LogP contribution is 2.25. The Balaban J connectivity index is 1.90. The number of nitrogens with one attached hydrogen (secondary N) is 1. The van der Waals surface area contributed by atoms with Crippen molar-refractivity contribution in [2.24, 2.45) is 0 Å². The van der Waals surface area contributed by atoms with Gasteiger partial charge >= 0.3 is 0 Å².